The van der Waals surface area contributed by atoms with E-state index >= 15 is 0 Å². The van der Waals surface area contributed by atoms with E-state index in [-0.39, 0.29) is 16.2 Å². The van der Waals surface area contributed by atoms with Gasteiger partial charge >= 0.3 is 0 Å². The van der Waals surface area contributed by atoms with Crippen LogP contribution in [0.25, 0.3) is 33.4 Å². The van der Waals surface area contributed by atoms with Crippen LogP contribution in [0.3, 0.4) is 0 Å². The van der Waals surface area contributed by atoms with Gasteiger partial charge in [0.15, 0.2) is 0 Å². The lowest BCUT2D eigenvalue weighted by atomic mass is 9.78. The molecule has 4 aromatic carbocycles. The van der Waals surface area contributed by atoms with Crippen molar-refractivity contribution in [3.63, 3.8) is 0 Å². The highest BCUT2D eigenvalue weighted by atomic mass is 14.3. The average Bonchev–Trinajstić information content (AvgIpc) is 2.93. The second-order valence-corrected chi connectivity index (χ2v) is 13.8. The Hall–Kier alpha value is -4.44. The Kier molecular flexibility index (Phi) is 8.86. The molecule has 0 nitrogen and oxygen atoms in total. The van der Waals surface area contributed by atoms with Crippen molar-refractivity contribution in [2.45, 2.75) is 62.3 Å². The van der Waals surface area contributed by atoms with E-state index in [0.29, 0.717) is 0 Å². The minimum atomic E-state index is -0.186. The van der Waals surface area contributed by atoms with Crippen LogP contribution in [0.1, 0.15) is 79.0 Å². The summed E-state index contributed by atoms with van der Waals surface area (Å²) < 4.78 is 0. The van der Waals surface area contributed by atoms with Crippen molar-refractivity contribution in [1.29, 1.82) is 0 Å². The lowest BCUT2D eigenvalue weighted by Crippen LogP contribution is -2.06. The molecule has 0 bridgehead atoms. The largest absolute Gasteiger partial charge is 0.0919 e. The van der Waals surface area contributed by atoms with Crippen LogP contribution in [-0.2, 0) is 0 Å². The summed E-state index contributed by atoms with van der Waals surface area (Å²) >= 11 is 0. The van der Waals surface area contributed by atoms with Crippen LogP contribution in [-0.4, -0.2) is 0 Å². The van der Waals surface area contributed by atoms with Gasteiger partial charge in [-0.1, -0.05) is 127 Å². The van der Waals surface area contributed by atoms with Gasteiger partial charge < -0.3 is 0 Å². The average molecular weight is 547 g/mol. The van der Waals surface area contributed by atoms with E-state index in [0.717, 1.165) is 50.1 Å². The molecular formula is C42H42. The molecule has 0 unspecified atom stereocenters. The van der Waals surface area contributed by atoms with Gasteiger partial charge in [-0.25, -0.2) is 0 Å². The smallest absolute Gasteiger partial charge is 0.0427 e. The maximum absolute atomic E-state index is 3.69. The molecule has 0 aliphatic heterocycles. The molecule has 0 aliphatic rings. The van der Waals surface area contributed by atoms with Gasteiger partial charge in [0.1, 0.15) is 0 Å². The van der Waals surface area contributed by atoms with Gasteiger partial charge in [0.05, 0.1) is 0 Å². The van der Waals surface area contributed by atoms with Crippen LogP contribution in [0.4, 0.5) is 0 Å². The van der Waals surface area contributed by atoms with Crippen molar-refractivity contribution in [2.24, 2.45) is 16.2 Å². The molecule has 0 saturated carbocycles. The van der Waals surface area contributed by atoms with E-state index in [1.165, 1.54) is 0 Å². The van der Waals surface area contributed by atoms with E-state index in [4.69, 9.17) is 0 Å². The third-order valence-electron chi connectivity index (χ3n) is 6.37. The summed E-state index contributed by atoms with van der Waals surface area (Å²) in [6.07, 6.45) is 0. The van der Waals surface area contributed by atoms with Crippen LogP contribution in [0.15, 0.2) is 91.0 Å². The molecule has 0 amide bonds. The van der Waals surface area contributed by atoms with E-state index in [9.17, 15) is 0 Å². The highest BCUT2D eigenvalue weighted by Crippen LogP contribution is 2.44. The molecule has 4 rings (SSSR count). The summed E-state index contributed by atoms with van der Waals surface area (Å²) in [4.78, 5) is 0. The highest BCUT2D eigenvalue weighted by Gasteiger charge is 2.25. The van der Waals surface area contributed by atoms with Crippen LogP contribution >= 0.6 is 0 Å². The van der Waals surface area contributed by atoms with E-state index in [1.54, 1.807) is 0 Å². The maximum Gasteiger partial charge on any atom is 0.0427 e. The molecule has 0 atom stereocenters. The SMILES string of the molecule is CC(C)(C)C#Cc1c(-c2ccccc2)c(C#CC(C)(C)C)c(-c2ccccc2)c(C#CC(C)(C)C)c1-c1ccccc1. The van der Waals surface area contributed by atoms with E-state index in [1.807, 2.05) is 0 Å². The molecule has 210 valence electrons. The topological polar surface area (TPSA) is 0 Å². The van der Waals surface area contributed by atoms with Gasteiger partial charge in [0.25, 0.3) is 0 Å². The first-order valence-corrected chi connectivity index (χ1v) is 14.7. The van der Waals surface area contributed by atoms with Crippen molar-refractivity contribution >= 4 is 0 Å². The van der Waals surface area contributed by atoms with Crippen molar-refractivity contribution in [2.75, 3.05) is 0 Å². The van der Waals surface area contributed by atoms with Crippen LogP contribution < -0.4 is 0 Å². The zero-order valence-electron chi connectivity index (χ0n) is 26.7. The van der Waals surface area contributed by atoms with Gasteiger partial charge in [0.2, 0.25) is 0 Å². The lowest BCUT2D eigenvalue weighted by Gasteiger charge is -2.23. The summed E-state index contributed by atoms with van der Waals surface area (Å²) in [6.45, 7) is 19.4. The van der Waals surface area contributed by atoms with Gasteiger partial charge in [-0.05, 0) is 79.0 Å². The molecule has 0 N–H and O–H groups in total. The molecule has 0 radical (unpaired) electrons. The van der Waals surface area contributed by atoms with E-state index < -0.39 is 0 Å². The predicted octanol–water partition coefficient (Wildman–Crippen LogP) is 10.9. The Morgan fingerprint density at radius 2 is 0.548 bits per heavy atom. The van der Waals surface area contributed by atoms with Gasteiger partial charge in [-0.15, -0.1) is 0 Å². The normalized spacial score (nSPS) is 11.4. The van der Waals surface area contributed by atoms with Crippen LogP contribution in [0.2, 0.25) is 0 Å². The minimum absolute atomic E-state index is 0.186. The molecule has 0 aromatic heterocycles. The standard InChI is InChI=1S/C42H42/c1-40(2,3)28-25-34-37(31-19-13-10-14-20-31)35(26-29-41(4,5)6)39(33-23-17-12-18-24-33)36(27-30-42(7,8)9)38(34)32-21-15-11-16-22-32/h10-24H,1-9H3. The first-order chi connectivity index (χ1) is 19.7. The third-order valence-corrected chi connectivity index (χ3v) is 6.37. The van der Waals surface area contributed by atoms with Gasteiger partial charge in [-0.3, -0.25) is 0 Å². The minimum Gasteiger partial charge on any atom is -0.0919 e. The summed E-state index contributed by atoms with van der Waals surface area (Å²) in [6, 6.07) is 31.8. The number of hydrogen-bond donors (Lipinski definition) is 0. The second-order valence-electron chi connectivity index (χ2n) is 13.8. The molecule has 0 saturated heterocycles. The zero-order chi connectivity index (χ0) is 30.5. The van der Waals surface area contributed by atoms with Crippen molar-refractivity contribution in [3.05, 3.63) is 108 Å². The van der Waals surface area contributed by atoms with Crippen molar-refractivity contribution in [3.8, 4) is 68.9 Å². The molecule has 0 fully saturated rings. The summed E-state index contributed by atoms with van der Waals surface area (Å²) in [5, 5.41) is 0. The summed E-state index contributed by atoms with van der Waals surface area (Å²) in [7, 11) is 0. The monoisotopic (exact) mass is 546 g/mol. The van der Waals surface area contributed by atoms with Gasteiger partial charge in [0, 0.05) is 49.6 Å². The summed E-state index contributed by atoms with van der Waals surface area (Å²) in [5.74, 6) is 21.8. The van der Waals surface area contributed by atoms with Gasteiger partial charge in [-0.2, -0.15) is 0 Å². The maximum atomic E-state index is 3.69. The highest BCUT2D eigenvalue weighted by molar-refractivity contribution is 5.98. The summed E-state index contributed by atoms with van der Waals surface area (Å²) in [5.41, 5.74) is 8.82. The molecular weight excluding hydrogens is 504 g/mol. The molecule has 0 heterocycles. The third kappa shape index (κ3) is 7.85. The predicted molar refractivity (Wildman–Crippen MR) is 182 cm³/mol. The van der Waals surface area contributed by atoms with Crippen LogP contribution in [0.5, 0.6) is 0 Å². The molecule has 0 aliphatic carbocycles. The Morgan fingerprint density at radius 3 is 0.738 bits per heavy atom. The second kappa shape index (κ2) is 12.2. The quantitative estimate of drug-likeness (QED) is 0.224. The Morgan fingerprint density at radius 1 is 0.333 bits per heavy atom. The first-order valence-electron chi connectivity index (χ1n) is 14.7. The Bertz CT molecular complexity index is 1500. The van der Waals surface area contributed by atoms with Crippen LogP contribution in [0, 0.1) is 51.8 Å². The Labute approximate surface area is 254 Å². The zero-order valence-corrected chi connectivity index (χ0v) is 26.7. The molecule has 0 heteroatoms. The lowest BCUT2D eigenvalue weighted by molar-refractivity contribution is 0.570. The van der Waals surface area contributed by atoms with Crippen molar-refractivity contribution < 1.29 is 0 Å². The fourth-order valence-electron chi connectivity index (χ4n) is 4.56. The first kappa shape index (κ1) is 30.5. The Balaban J connectivity index is 2.41. The molecule has 4 aromatic rings. The molecule has 0 spiro atoms. The number of rotatable bonds is 3. The fourth-order valence-corrected chi connectivity index (χ4v) is 4.56. The van der Waals surface area contributed by atoms with E-state index in [2.05, 4.69) is 189 Å². The fraction of sp³-hybridized carbons (Fsp3) is 0.286. The molecule has 42 heavy (non-hydrogen) atoms. The van der Waals surface area contributed by atoms with Crippen molar-refractivity contribution in [1.82, 2.24) is 0 Å². The number of hydrogen-bond acceptors (Lipinski definition) is 0. The number of benzene rings is 4.